The molecule has 1 atom stereocenters. The van der Waals surface area contributed by atoms with Crippen LogP contribution in [0.4, 0.5) is 0 Å². The standard InChI is InChI=1S/C11H18N4O/c1-11(3-2-4-12-7-11)10(16)14-6-9-5-13-8-15-9/h5,8,12H,2-4,6-7H2,1H3,(H,13,15)(H,14,16). The Hall–Kier alpha value is -1.36. The van der Waals surface area contributed by atoms with Gasteiger partial charge in [0.2, 0.25) is 5.91 Å². The van der Waals surface area contributed by atoms with Gasteiger partial charge in [0.05, 0.1) is 24.0 Å². The van der Waals surface area contributed by atoms with Crippen LogP contribution in [-0.4, -0.2) is 29.0 Å². The molecule has 5 heteroatoms. The van der Waals surface area contributed by atoms with Crippen LogP contribution in [0, 0.1) is 5.41 Å². The van der Waals surface area contributed by atoms with Crippen molar-refractivity contribution in [3.63, 3.8) is 0 Å². The van der Waals surface area contributed by atoms with E-state index in [1.54, 1.807) is 12.5 Å². The lowest BCUT2D eigenvalue weighted by molar-refractivity contribution is -0.131. The van der Waals surface area contributed by atoms with Gasteiger partial charge in [0, 0.05) is 12.7 Å². The SMILES string of the molecule is CC1(C(=O)NCc2cnc[nH]2)CCCNC1. The number of H-pyrrole nitrogens is 1. The Bertz CT molecular complexity index is 341. The van der Waals surface area contributed by atoms with E-state index in [0.717, 1.165) is 31.6 Å². The van der Waals surface area contributed by atoms with Gasteiger partial charge in [-0.1, -0.05) is 0 Å². The Morgan fingerprint density at radius 3 is 3.19 bits per heavy atom. The number of carbonyl (C=O) groups excluding carboxylic acids is 1. The molecule has 0 aliphatic carbocycles. The van der Waals surface area contributed by atoms with E-state index in [4.69, 9.17) is 0 Å². The van der Waals surface area contributed by atoms with Crippen molar-refractivity contribution in [1.82, 2.24) is 20.6 Å². The van der Waals surface area contributed by atoms with Crippen LogP contribution in [0.1, 0.15) is 25.5 Å². The van der Waals surface area contributed by atoms with Gasteiger partial charge in [-0.15, -0.1) is 0 Å². The summed E-state index contributed by atoms with van der Waals surface area (Å²) in [5.74, 6) is 0.120. The first-order chi connectivity index (χ1) is 7.71. The first kappa shape index (κ1) is 11.1. The number of hydrogen-bond donors (Lipinski definition) is 3. The Labute approximate surface area is 95.0 Å². The number of aromatic nitrogens is 2. The minimum atomic E-state index is -0.266. The van der Waals surface area contributed by atoms with E-state index < -0.39 is 0 Å². The fourth-order valence-electron chi connectivity index (χ4n) is 2.02. The third-order valence-electron chi connectivity index (χ3n) is 3.14. The first-order valence-electron chi connectivity index (χ1n) is 5.67. The maximum absolute atomic E-state index is 12.0. The highest BCUT2D eigenvalue weighted by Gasteiger charge is 2.34. The number of carbonyl (C=O) groups is 1. The number of nitrogens with one attached hydrogen (secondary N) is 3. The molecule has 1 fully saturated rings. The normalized spacial score (nSPS) is 25.3. The molecule has 0 aromatic carbocycles. The molecule has 1 aromatic heterocycles. The van der Waals surface area contributed by atoms with Crippen LogP contribution < -0.4 is 10.6 Å². The number of rotatable bonds is 3. The zero-order chi connectivity index (χ0) is 11.4. The third kappa shape index (κ3) is 2.41. The van der Waals surface area contributed by atoms with Gasteiger partial charge >= 0.3 is 0 Å². The van der Waals surface area contributed by atoms with Gasteiger partial charge in [0.15, 0.2) is 0 Å². The van der Waals surface area contributed by atoms with Crippen molar-refractivity contribution in [2.75, 3.05) is 13.1 Å². The molecular formula is C11H18N4O. The second-order valence-corrected chi connectivity index (χ2v) is 4.60. The van der Waals surface area contributed by atoms with E-state index in [1.165, 1.54) is 0 Å². The molecule has 0 saturated carbocycles. The molecule has 3 N–H and O–H groups in total. The van der Waals surface area contributed by atoms with Gasteiger partial charge in [-0.3, -0.25) is 4.79 Å². The lowest BCUT2D eigenvalue weighted by atomic mass is 9.82. The predicted molar refractivity (Wildman–Crippen MR) is 60.6 cm³/mol. The summed E-state index contributed by atoms with van der Waals surface area (Å²) in [6.07, 6.45) is 5.36. The first-order valence-corrected chi connectivity index (χ1v) is 5.67. The van der Waals surface area contributed by atoms with Crippen LogP contribution in [0.3, 0.4) is 0 Å². The molecule has 2 heterocycles. The summed E-state index contributed by atoms with van der Waals surface area (Å²) in [6.45, 7) is 4.32. The monoisotopic (exact) mass is 222 g/mol. The highest BCUT2D eigenvalue weighted by atomic mass is 16.2. The molecule has 0 radical (unpaired) electrons. The summed E-state index contributed by atoms with van der Waals surface area (Å²) in [5, 5.41) is 6.21. The van der Waals surface area contributed by atoms with Crippen molar-refractivity contribution in [2.45, 2.75) is 26.3 Å². The summed E-state index contributed by atoms with van der Waals surface area (Å²) >= 11 is 0. The van der Waals surface area contributed by atoms with Crippen molar-refractivity contribution in [1.29, 1.82) is 0 Å². The van der Waals surface area contributed by atoms with Crippen molar-refractivity contribution in [2.24, 2.45) is 5.41 Å². The van der Waals surface area contributed by atoms with E-state index in [1.807, 2.05) is 6.92 Å². The van der Waals surface area contributed by atoms with Crippen LogP contribution in [-0.2, 0) is 11.3 Å². The van der Waals surface area contributed by atoms with E-state index in [2.05, 4.69) is 20.6 Å². The van der Waals surface area contributed by atoms with Gasteiger partial charge in [0.25, 0.3) is 0 Å². The lowest BCUT2D eigenvalue weighted by Gasteiger charge is -2.32. The molecule has 1 saturated heterocycles. The lowest BCUT2D eigenvalue weighted by Crippen LogP contribution is -2.48. The topological polar surface area (TPSA) is 69.8 Å². The van der Waals surface area contributed by atoms with Crippen molar-refractivity contribution in [3.8, 4) is 0 Å². The Kier molecular flexibility index (Phi) is 3.24. The molecule has 1 amide bonds. The summed E-state index contributed by atoms with van der Waals surface area (Å²) < 4.78 is 0. The molecular weight excluding hydrogens is 204 g/mol. The highest BCUT2D eigenvalue weighted by molar-refractivity contribution is 5.82. The average Bonchev–Trinajstić information content (AvgIpc) is 2.79. The molecule has 0 bridgehead atoms. The average molecular weight is 222 g/mol. The summed E-state index contributed by atoms with van der Waals surface area (Å²) in [7, 11) is 0. The number of hydrogen-bond acceptors (Lipinski definition) is 3. The van der Waals surface area contributed by atoms with Crippen LogP contribution in [0.25, 0.3) is 0 Å². The number of piperidine rings is 1. The molecule has 1 unspecified atom stereocenters. The van der Waals surface area contributed by atoms with Gasteiger partial charge < -0.3 is 15.6 Å². The van der Waals surface area contributed by atoms with Gasteiger partial charge in [-0.25, -0.2) is 4.98 Å². The summed E-state index contributed by atoms with van der Waals surface area (Å²) in [6, 6.07) is 0. The molecule has 88 valence electrons. The zero-order valence-corrected chi connectivity index (χ0v) is 9.55. The molecule has 16 heavy (non-hydrogen) atoms. The maximum atomic E-state index is 12.0. The quantitative estimate of drug-likeness (QED) is 0.694. The minimum absolute atomic E-state index is 0.120. The molecule has 2 rings (SSSR count). The molecule has 0 spiro atoms. The van der Waals surface area contributed by atoms with Crippen LogP contribution in [0.15, 0.2) is 12.5 Å². The molecule has 1 aliphatic heterocycles. The molecule has 5 nitrogen and oxygen atoms in total. The molecule has 1 aliphatic rings. The molecule has 1 aromatic rings. The van der Waals surface area contributed by atoms with Crippen LogP contribution in [0.5, 0.6) is 0 Å². The Morgan fingerprint density at radius 2 is 2.56 bits per heavy atom. The van der Waals surface area contributed by atoms with E-state index in [0.29, 0.717) is 6.54 Å². The largest absolute Gasteiger partial charge is 0.350 e. The Balaban J connectivity index is 1.87. The van der Waals surface area contributed by atoms with Gasteiger partial charge in [-0.2, -0.15) is 0 Å². The fraction of sp³-hybridized carbons (Fsp3) is 0.636. The van der Waals surface area contributed by atoms with Crippen molar-refractivity contribution in [3.05, 3.63) is 18.2 Å². The van der Waals surface area contributed by atoms with E-state index >= 15 is 0 Å². The summed E-state index contributed by atoms with van der Waals surface area (Å²) in [5.41, 5.74) is 0.666. The number of aromatic amines is 1. The van der Waals surface area contributed by atoms with Gasteiger partial charge in [-0.05, 0) is 26.3 Å². The number of imidazole rings is 1. The van der Waals surface area contributed by atoms with Crippen LogP contribution >= 0.6 is 0 Å². The smallest absolute Gasteiger partial charge is 0.227 e. The fourth-order valence-corrected chi connectivity index (χ4v) is 2.02. The van der Waals surface area contributed by atoms with Gasteiger partial charge in [0.1, 0.15) is 0 Å². The van der Waals surface area contributed by atoms with E-state index in [9.17, 15) is 4.79 Å². The maximum Gasteiger partial charge on any atom is 0.227 e. The van der Waals surface area contributed by atoms with Crippen LogP contribution in [0.2, 0.25) is 0 Å². The van der Waals surface area contributed by atoms with Crippen molar-refractivity contribution >= 4 is 5.91 Å². The number of nitrogens with zero attached hydrogens (tertiary/aromatic N) is 1. The number of amides is 1. The zero-order valence-electron chi connectivity index (χ0n) is 9.55. The van der Waals surface area contributed by atoms with E-state index in [-0.39, 0.29) is 11.3 Å². The third-order valence-corrected chi connectivity index (χ3v) is 3.14. The minimum Gasteiger partial charge on any atom is -0.350 e. The second kappa shape index (κ2) is 4.65. The highest BCUT2D eigenvalue weighted by Crippen LogP contribution is 2.25. The predicted octanol–water partition coefficient (Wildman–Crippen LogP) is 0.416. The van der Waals surface area contributed by atoms with Crippen molar-refractivity contribution < 1.29 is 4.79 Å². The Morgan fingerprint density at radius 1 is 1.69 bits per heavy atom. The summed E-state index contributed by atoms with van der Waals surface area (Å²) in [4.78, 5) is 18.9. The second-order valence-electron chi connectivity index (χ2n) is 4.60.